The predicted octanol–water partition coefficient (Wildman–Crippen LogP) is 2.16. The Bertz CT molecular complexity index is 874. The van der Waals surface area contributed by atoms with Crippen LogP contribution in [-0.2, 0) is 15.1 Å². The van der Waals surface area contributed by atoms with Gasteiger partial charge in [-0.2, -0.15) is 13.2 Å². The number of halogens is 4. The number of nitrogens with zero attached hydrogens (tertiary/aromatic N) is 2. The Balaban J connectivity index is 1.73. The average Bonchev–Trinajstić information content (AvgIpc) is 3.24. The fourth-order valence-corrected chi connectivity index (χ4v) is 5.28. The highest BCUT2D eigenvalue weighted by atomic mass is 35.5. The van der Waals surface area contributed by atoms with E-state index in [0.29, 0.717) is 20.5 Å². The molecule has 28 heavy (non-hydrogen) atoms. The summed E-state index contributed by atoms with van der Waals surface area (Å²) in [4.78, 5) is 25.6. The van der Waals surface area contributed by atoms with Crippen molar-refractivity contribution >= 4 is 34.6 Å². The van der Waals surface area contributed by atoms with E-state index in [1.54, 1.807) is 19.3 Å². The largest absolute Gasteiger partial charge is 0.471 e. The van der Waals surface area contributed by atoms with Gasteiger partial charge < -0.3 is 15.1 Å². The number of likely N-dealkylation sites (tertiary alicyclic amines) is 1. The first-order valence-corrected chi connectivity index (χ1v) is 9.61. The summed E-state index contributed by atoms with van der Waals surface area (Å²) in [5.74, 6) is -2.12. The van der Waals surface area contributed by atoms with Crippen LogP contribution in [0, 0.1) is 0 Å². The van der Waals surface area contributed by atoms with Crippen molar-refractivity contribution in [3.05, 3.63) is 32.7 Å². The molecule has 0 saturated carbocycles. The Morgan fingerprint density at radius 1 is 1.46 bits per heavy atom. The fraction of sp³-hybridized carbons (Fsp3) is 0.500. The number of carbonyl (C=O) groups excluding carboxylic acids is 2. The number of ether oxygens (including phenoxy) is 1. The first-order chi connectivity index (χ1) is 13.1. The van der Waals surface area contributed by atoms with Crippen LogP contribution in [0.3, 0.4) is 0 Å². The van der Waals surface area contributed by atoms with Crippen LogP contribution in [0.25, 0.3) is 0 Å². The van der Waals surface area contributed by atoms with E-state index < -0.39 is 23.7 Å². The molecule has 0 radical (unpaired) electrons. The van der Waals surface area contributed by atoms with Crippen molar-refractivity contribution in [2.75, 3.05) is 20.2 Å². The third kappa shape index (κ3) is 3.15. The molecule has 4 rings (SSSR count). The van der Waals surface area contributed by atoms with Gasteiger partial charge in [0.25, 0.3) is 0 Å². The smallest absolute Gasteiger partial charge is 0.361 e. The molecular formula is C16H16ClF3N4O3S. The first-order valence-electron chi connectivity index (χ1n) is 8.42. The van der Waals surface area contributed by atoms with E-state index in [2.05, 4.69) is 11.0 Å². The lowest BCUT2D eigenvalue weighted by molar-refractivity contribution is -0.193. The van der Waals surface area contributed by atoms with Crippen LogP contribution in [0.5, 0.6) is 0 Å². The minimum Gasteiger partial charge on any atom is -0.361 e. The van der Waals surface area contributed by atoms with Crippen LogP contribution >= 0.6 is 22.9 Å². The Morgan fingerprint density at radius 2 is 2.21 bits per heavy atom. The summed E-state index contributed by atoms with van der Waals surface area (Å²) in [6.45, 7) is -0.348. The summed E-state index contributed by atoms with van der Waals surface area (Å²) < 4.78 is 45.7. The molecule has 1 amide bonds. The zero-order chi connectivity index (χ0) is 20.3. The number of nitrogens with one attached hydrogen (secondary N) is 2. The second kappa shape index (κ2) is 6.61. The van der Waals surface area contributed by atoms with E-state index in [1.807, 2.05) is 0 Å². The van der Waals surface area contributed by atoms with Crippen molar-refractivity contribution in [3.63, 3.8) is 0 Å². The predicted molar refractivity (Wildman–Crippen MR) is 94.2 cm³/mol. The molecule has 4 heterocycles. The third-order valence-electron chi connectivity index (χ3n) is 5.12. The molecule has 3 aliphatic heterocycles. The maximum Gasteiger partial charge on any atom is 0.471 e. The number of amides is 1. The van der Waals surface area contributed by atoms with Crippen molar-refractivity contribution in [3.8, 4) is 0 Å². The molecule has 1 aromatic heterocycles. The summed E-state index contributed by atoms with van der Waals surface area (Å²) in [6.07, 6.45) is -3.20. The maximum absolute atomic E-state index is 13.1. The van der Waals surface area contributed by atoms with Crippen molar-refractivity contribution in [1.82, 2.24) is 20.9 Å². The number of piperidine rings is 1. The van der Waals surface area contributed by atoms with E-state index >= 15 is 0 Å². The quantitative estimate of drug-likeness (QED) is 0.703. The maximum atomic E-state index is 13.1. The first kappa shape index (κ1) is 19.5. The molecule has 0 aromatic carbocycles. The number of ketones is 1. The Kier molecular flexibility index (Phi) is 4.60. The molecule has 2 N–H and O–H groups in total. The average molecular weight is 437 g/mol. The molecule has 12 heteroatoms. The van der Waals surface area contributed by atoms with Gasteiger partial charge in [-0.05, 0) is 12.5 Å². The van der Waals surface area contributed by atoms with Gasteiger partial charge in [-0.1, -0.05) is 11.6 Å². The minimum atomic E-state index is -4.98. The fourth-order valence-electron chi connectivity index (χ4n) is 3.85. The number of Topliss-reactive ketones (excluding diaryl/α,β-unsaturated/α-hetero) is 1. The number of hydrazine groups is 2. The van der Waals surface area contributed by atoms with E-state index in [9.17, 15) is 22.8 Å². The molecule has 1 aromatic rings. The second-order valence-corrected chi connectivity index (χ2v) is 8.58. The summed E-state index contributed by atoms with van der Waals surface area (Å²) in [7, 11) is 1.67. The summed E-state index contributed by atoms with van der Waals surface area (Å²) >= 11 is 7.28. The Labute approximate surface area is 167 Å². The lowest BCUT2D eigenvalue weighted by Gasteiger charge is -2.47. The number of thiophene rings is 1. The van der Waals surface area contributed by atoms with Gasteiger partial charge in [0.1, 0.15) is 12.2 Å². The van der Waals surface area contributed by atoms with Crippen molar-refractivity contribution in [1.29, 1.82) is 0 Å². The monoisotopic (exact) mass is 436 g/mol. The van der Waals surface area contributed by atoms with Crippen molar-refractivity contribution < 1.29 is 27.5 Å². The molecule has 7 nitrogen and oxygen atoms in total. The van der Waals surface area contributed by atoms with Gasteiger partial charge in [0, 0.05) is 36.7 Å². The topological polar surface area (TPSA) is 73.9 Å². The van der Waals surface area contributed by atoms with E-state index in [-0.39, 0.29) is 31.8 Å². The normalized spacial score (nSPS) is 27.7. The molecule has 0 bridgehead atoms. The summed E-state index contributed by atoms with van der Waals surface area (Å²) in [5.41, 5.74) is 5.42. The molecule has 1 fully saturated rings. The molecule has 0 aliphatic carbocycles. The Hall–Kier alpha value is -1.82. The molecule has 1 spiro atoms. The van der Waals surface area contributed by atoms with Crippen LogP contribution in [-0.4, -0.2) is 54.0 Å². The van der Waals surface area contributed by atoms with Crippen LogP contribution in [0.15, 0.2) is 18.0 Å². The van der Waals surface area contributed by atoms with E-state index in [4.69, 9.17) is 16.3 Å². The standard InChI is InChI=1S/C16H16ClF3N4O3S/c1-23-6-9(21-22-23)10-5-15(2-3-24(10)14(26)16(18,19)20)13-8(4-12(17)28-13)11(25)7-27-15/h4,6,10,21-22H,2-3,5,7H2,1H3/t10-,15-/m0/s1. The van der Waals surface area contributed by atoms with Crippen molar-refractivity contribution in [2.24, 2.45) is 0 Å². The zero-order valence-electron chi connectivity index (χ0n) is 14.6. The molecule has 0 unspecified atom stereocenters. The number of rotatable bonds is 1. The lowest BCUT2D eigenvalue weighted by Crippen LogP contribution is -2.58. The molecule has 2 atom stereocenters. The second-order valence-electron chi connectivity index (χ2n) is 6.90. The van der Waals surface area contributed by atoms with Crippen molar-refractivity contribution in [2.45, 2.75) is 30.7 Å². The van der Waals surface area contributed by atoms with Gasteiger partial charge in [0.2, 0.25) is 0 Å². The molecular weight excluding hydrogens is 421 g/mol. The minimum absolute atomic E-state index is 0.0697. The third-order valence-corrected chi connectivity index (χ3v) is 6.57. The van der Waals surface area contributed by atoms with Gasteiger partial charge >= 0.3 is 12.1 Å². The highest BCUT2D eigenvalue weighted by Gasteiger charge is 2.53. The van der Waals surface area contributed by atoms with Crippen LogP contribution in [0.2, 0.25) is 4.34 Å². The van der Waals surface area contributed by atoms with Gasteiger partial charge in [-0.3, -0.25) is 14.6 Å². The van der Waals surface area contributed by atoms with E-state index in [0.717, 1.165) is 4.90 Å². The molecule has 3 aliphatic rings. The van der Waals surface area contributed by atoms with Gasteiger partial charge in [0.05, 0.1) is 16.1 Å². The van der Waals surface area contributed by atoms with E-state index in [1.165, 1.54) is 16.3 Å². The van der Waals surface area contributed by atoms with Crippen LogP contribution < -0.4 is 11.0 Å². The zero-order valence-corrected chi connectivity index (χ0v) is 16.2. The molecule has 1 saturated heterocycles. The summed E-state index contributed by atoms with van der Waals surface area (Å²) in [6, 6.07) is 0.654. The van der Waals surface area contributed by atoms with Crippen LogP contribution in [0.4, 0.5) is 13.2 Å². The highest BCUT2D eigenvalue weighted by molar-refractivity contribution is 7.16. The number of hydrogen-bond acceptors (Lipinski definition) is 7. The van der Waals surface area contributed by atoms with Gasteiger partial charge in [0.15, 0.2) is 5.78 Å². The number of carbonyl (C=O) groups is 2. The van der Waals surface area contributed by atoms with Gasteiger partial charge in [-0.25, -0.2) is 0 Å². The SMILES string of the molecule is CN1C=C([C@@H]2C[C@]3(CCN2C(=O)C(F)(F)F)OCC(=O)c2cc(Cl)sc23)NN1. The summed E-state index contributed by atoms with van der Waals surface area (Å²) in [5, 5.41) is 1.53. The van der Waals surface area contributed by atoms with Gasteiger partial charge in [-0.15, -0.1) is 16.9 Å². The number of alkyl halides is 3. The number of hydrogen-bond donors (Lipinski definition) is 2. The number of fused-ring (bicyclic) bond motifs is 2. The Morgan fingerprint density at radius 3 is 2.86 bits per heavy atom. The highest BCUT2D eigenvalue weighted by Crippen LogP contribution is 2.49. The molecule has 152 valence electrons. The van der Waals surface area contributed by atoms with Crippen LogP contribution in [0.1, 0.15) is 28.1 Å². The lowest BCUT2D eigenvalue weighted by atomic mass is 9.80.